The van der Waals surface area contributed by atoms with Crippen LogP contribution < -0.4 is 5.32 Å². The molecule has 7 heteroatoms. The van der Waals surface area contributed by atoms with Crippen LogP contribution in [0.2, 0.25) is 0 Å². The Bertz CT molecular complexity index is 591. The minimum absolute atomic E-state index is 0.0620. The normalized spacial score (nSPS) is 21.4. The minimum Gasteiger partial charge on any atom is -0.444 e. The predicted octanol–water partition coefficient (Wildman–Crippen LogP) is 1.44. The Labute approximate surface area is 137 Å². The van der Waals surface area contributed by atoms with E-state index in [1.54, 1.807) is 26.8 Å². The molecule has 1 aromatic carbocycles. The monoisotopic (exact) mass is 373 g/mol. The fraction of sp³-hybridized carbons (Fsp3) is 0.533. The van der Waals surface area contributed by atoms with E-state index in [1.165, 1.54) is 0 Å². The molecule has 122 valence electrons. The highest BCUT2D eigenvalue weighted by Crippen LogP contribution is 2.39. The molecule has 1 unspecified atom stereocenters. The van der Waals surface area contributed by atoms with Crippen LogP contribution in [0.5, 0.6) is 0 Å². The molecule has 0 heterocycles. The number of carbonyl (C=O) groups is 1. The van der Waals surface area contributed by atoms with Gasteiger partial charge in [0.2, 0.25) is 0 Å². The summed E-state index contributed by atoms with van der Waals surface area (Å²) in [6, 6.07) is 5.43. The average Bonchev–Trinajstić information content (AvgIpc) is 2.66. The molecule has 1 atom stereocenters. The van der Waals surface area contributed by atoms with E-state index in [4.69, 9.17) is 4.74 Å². The molecule has 2 rings (SSSR count). The number of rotatable bonds is 2. The lowest BCUT2D eigenvalue weighted by Gasteiger charge is -2.37. The molecule has 1 aliphatic rings. The van der Waals surface area contributed by atoms with E-state index in [0.29, 0.717) is 0 Å². The van der Waals surface area contributed by atoms with Crippen molar-refractivity contribution in [2.24, 2.45) is 0 Å². The summed E-state index contributed by atoms with van der Waals surface area (Å²) >= 11 is 3.39. The average molecular weight is 374 g/mol. The highest BCUT2D eigenvalue weighted by molar-refractivity contribution is 9.10. The van der Waals surface area contributed by atoms with Gasteiger partial charge in [-0.05, 0) is 38.0 Å². The highest BCUT2D eigenvalue weighted by atomic mass is 79.9. The lowest BCUT2D eigenvalue weighted by Crippen LogP contribution is -2.66. The van der Waals surface area contributed by atoms with Crippen LogP contribution in [0.15, 0.2) is 22.7 Å². The van der Waals surface area contributed by atoms with Crippen LogP contribution in [0.1, 0.15) is 31.9 Å². The van der Waals surface area contributed by atoms with Crippen LogP contribution >= 0.6 is 15.9 Å². The summed E-state index contributed by atoms with van der Waals surface area (Å²) in [4.78, 5) is 12.0. The molecule has 1 amide bonds. The lowest BCUT2D eigenvalue weighted by molar-refractivity contribution is -0.351. The first-order chi connectivity index (χ1) is 9.94. The number of ether oxygens (including phenoxy) is 1. The second-order valence-electron chi connectivity index (χ2n) is 6.58. The number of carbonyl (C=O) groups excluding carboxylic acids is 1. The van der Waals surface area contributed by atoms with Gasteiger partial charge in [0, 0.05) is 17.3 Å². The topological polar surface area (TPSA) is 99.0 Å². The number of aliphatic hydroxyl groups is 3. The smallest absolute Gasteiger partial charge is 0.408 e. The molecule has 0 aromatic heterocycles. The maximum atomic E-state index is 12.0. The molecule has 0 saturated heterocycles. The maximum absolute atomic E-state index is 12.0. The summed E-state index contributed by atoms with van der Waals surface area (Å²) in [6.07, 6.45) is -0.685. The fourth-order valence-corrected chi connectivity index (χ4v) is 3.11. The lowest BCUT2D eigenvalue weighted by atomic mass is 9.92. The Balaban J connectivity index is 2.30. The second-order valence-corrected chi connectivity index (χ2v) is 7.43. The Morgan fingerprint density at radius 1 is 1.27 bits per heavy atom. The van der Waals surface area contributed by atoms with E-state index >= 15 is 0 Å². The first-order valence-electron chi connectivity index (χ1n) is 6.88. The Morgan fingerprint density at radius 3 is 2.41 bits per heavy atom. The molecular formula is C15H20BrNO5. The standard InChI is InChI=1S/C15H20BrNO5/c1-13(2,3)22-12(18)17-14(15(19,20)21)7-9-5-4-6-11(16)10(9)8-14/h4-6,19-21H,7-8H2,1-3H3,(H,17,18). The van der Waals surface area contributed by atoms with Gasteiger partial charge in [-0.3, -0.25) is 0 Å². The van der Waals surface area contributed by atoms with Crippen molar-refractivity contribution in [1.82, 2.24) is 5.32 Å². The van der Waals surface area contributed by atoms with Crippen LogP contribution in [0.25, 0.3) is 0 Å². The quantitative estimate of drug-likeness (QED) is 0.588. The summed E-state index contributed by atoms with van der Waals surface area (Å²) in [6.45, 7) is 5.09. The number of nitrogens with one attached hydrogen (secondary N) is 1. The number of benzene rings is 1. The summed E-state index contributed by atoms with van der Waals surface area (Å²) in [7, 11) is 0. The van der Waals surface area contributed by atoms with Gasteiger partial charge in [-0.2, -0.15) is 0 Å². The summed E-state index contributed by atoms with van der Waals surface area (Å²) in [5, 5.41) is 31.8. The van der Waals surface area contributed by atoms with Gasteiger partial charge in [0.05, 0.1) is 0 Å². The zero-order valence-corrected chi connectivity index (χ0v) is 14.3. The summed E-state index contributed by atoms with van der Waals surface area (Å²) < 4.78 is 5.93. The molecule has 6 nitrogen and oxygen atoms in total. The number of alkyl carbamates (subject to hydrolysis) is 1. The summed E-state index contributed by atoms with van der Waals surface area (Å²) in [5.74, 6) is -3.08. The van der Waals surface area contributed by atoms with Crippen LogP contribution in [0.4, 0.5) is 4.79 Å². The molecule has 22 heavy (non-hydrogen) atoms. The molecule has 0 aliphatic heterocycles. The second kappa shape index (κ2) is 5.49. The highest BCUT2D eigenvalue weighted by Gasteiger charge is 2.54. The third-order valence-electron chi connectivity index (χ3n) is 3.57. The number of amides is 1. The largest absolute Gasteiger partial charge is 0.444 e. The number of hydrogen-bond donors (Lipinski definition) is 4. The van der Waals surface area contributed by atoms with Crippen molar-refractivity contribution in [3.8, 4) is 0 Å². The van der Waals surface area contributed by atoms with Crippen LogP contribution in [-0.2, 0) is 17.6 Å². The van der Waals surface area contributed by atoms with Crippen molar-refractivity contribution in [3.05, 3.63) is 33.8 Å². The molecule has 0 saturated carbocycles. The van der Waals surface area contributed by atoms with Gasteiger partial charge in [0.1, 0.15) is 11.1 Å². The van der Waals surface area contributed by atoms with Gasteiger partial charge in [-0.1, -0.05) is 28.1 Å². The van der Waals surface area contributed by atoms with Crippen molar-refractivity contribution in [3.63, 3.8) is 0 Å². The van der Waals surface area contributed by atoms with E-state index in [2.05, 4.69) is 21.2 Å². The first kappa shape index (κ1) is 17.2. The predicted molar refractivity (Wildman–Crippen MR) is 83.0 cm³/mol. The zero-order valence-electron chi connectivity index (χ0n) is 12.7. The van der Waals surface area contributed by atoms with E-state index < -0.39 is 23.2 Å². The van der Waals surface area contributed by atoms with Gasteiger partial charge in [0.15, 0.2) is 0 Å². The van der Waals surface area contributed by atoms with Crippen LogP contribution in [-0.4, -0.2) is 38.5 Å². The van der Waals surface area contributed by atoms with Gasteiger partial charge in [-0.25, -0.2) is 4.79 Å². The van der Waals surface area contributed by atoms with Crippen LogP contribution in [0.3, 0.4) is 0 Å². The van der Waals surface area contributed by atoms with Crippen molar-refractivity contribution < 1.29 is 24.9 Å². The summed E-state index contributed by atoms with van der Waals surface area (Å²) in [5.41, 5.74) is -0.783. The van der Waals surface area contributed by atoms with Gasteiger partial charge in [-0.15, -0.1) is 0 Å². The third-order valence-corrected chi connectivity index (χ3v) is 4.31. The molecule has 0 spiro atoms. The Morgan fingerprint density at radius 2 is 1.91 bits per heavy atom. The molecule has 1 aliphatic carbocycles. The van der Waals surface area contributed by atoms with E-state index in [9.17, 15) is 20.1 Å². The molecular weight excluding hydrogens is 354 g/mol. The molecule has 0 fully saturated rings. The third kappa shape index (κ3) is 3.43. The van der Waals surface area contributed by atoms with Gasteiger partial charge >= 0.3 is 12.1 Å². The number of hydrogen-bond acceptors (Lipinski definition) is 5. The van der Waals surface area contributed by atoms with Crippen molar-refractivity contribution in [2.45, 2.75) is 50.7 Å². The van der Waals surface area contributed by atoms with E-state index in [-0.39, 0.29) is 12.8 Å². The first-order valence-corrected chi connectivity index (χ1v) is 7.67. The van der Waals surface area contributed by atoms with E-state index in [1.807, 2.05) is 12.1 Å². The number of halogens is 1. The molecule has 4 N–H and O–H groups in total. The Hall–Kier alpha value is -1.15. The molecule has 1 aromatic rings. The van der Waals surface area contributed by atoms with Crippen LogP contribution in [0, 0.1) is 0 Å². The SMILES string of the molecule is CC(C)(C)OC(=O)NC1(C(O)(O)O)Cc2cccc(Br)c2C1. The molecule has 0 radical (unpaired) electrons. The zero-order chi connectivity index (χ0) is 16.8. The molecule has 0 bridgehead atoms. The Kier molecular flexibility index (Phi) is 4.29. The van der Waals surface area contributed by atoms with E-state index in [0.717, 1.165) is 15.6 Å². The van der Waals surface area contributed by atoms with Crippen molar-refractivity contribution in [2.75, 3.05) is 0 Å². The number of fused-ring (bicyclic) bond motifs is 1. The van der Waals surface area contributed by atoms with Gasteiger partial charge < -0.3 is 25.4 Å². The maximum Gasteiger partial charge on any atom is 0.408 e. The fourth-order valence-electron chi connectivity index (χ4n) is 2.56. The van der Waals surface area contributed by atoms with Crippen molar-refractivity contribution >= 4 is 22.0 Å². The van der Waals surface area contributed by atoms with Crippen molar-refractivity contribution in [1.29, 1.82) is 0 Å². The minimum atomic E-state index is -3.08. The van der Waals surface area contributed by atoms with Gasteiger partial charge in [0.25, 0.3) is 0 Å².